The Hall–Kier alpha value is -1.62. The molecule has 0 aromatic carbocycles. The van der Waals surface area contributed by atoms with Gasteiger partial charge in [-0.2, -0.15) is 0 Å². The fourth-order valence-corrected chi connectivity index (χ4v) is 2.67. The van der Waals surface area contributed by atoms with Gasteiger partial charge in [-0.3, -0.25) is 0 Å². The third-order valence-electron chi connectivity index (χ3n) is 2.65. The molecule has 0 unspecified atom stereocenters. The van der Waals surface area contributed by atoms with Gasteiger partial charge in [0.05, 0.1) is 12.6 Å². The van der Waals surface area contributed by atoms with E-state index in [4.69, 9.17) is 4.74 Å². The molecule has 5 heteroatoms. The van der Waals surface area contributed by atoms with E-state index >= 15 is 0 Å². The number of aryl methyl sites for hydroxylation is 1. The van der Waals surface area contributed by atoms with Crippen LogP contribution in [0.5, 0.6) is 5.88 Å². The standard InChI is InChI=1S/C14H19N3OS/c1-4-11-5-6-19-12(11)8-15-13-7-14(17-9-16-13)18-10(2)3/h5-7,9-10H,4,8H2,1-3H3,(H,15,16,17). The van der Waals surface area contributed by atoms with E-state index < -0.39 is 0 Å². The molecule has 102 valence electrons. The molecule has 4 nitrogen and oxygen atoms in total. The first-order valence-electron chi connectivity index (χ1n) is 6.47. The molecule has 2 aromatic heterocycles. The molecule has 0 radical (unpaired) electrons. The summed E-state index contributed by atoms with van der Waals surface area (Å²) in [5, 5.41) is 5.44. The van der Waals surface area contributed by atoms with Crippen molar-refractivity contribution in [1.82, 2.24) is 9.97 Å². The molecule has 0 aliphatic heterocycles. The Labute approximate surface area is 117 Å². The number of nitrogens with one attached hydrogen (secondary N) is 1. The van der Waals surface area contributed by atoms with Crippen molar-refractivity contribution in [3.05, 3.63) is 34.3 Å². The van der Waals surface area contributed by atoms with Gasteiger partial charge in [0.2, 0.25) is 5.88 Å². The van der Waals surface area contributed by atoms with E-state index in [9.17, 15) is 0 Å². The van der Waals surface area contributed by atoms with Gasteiger partial charge in [0.15, 0.2) is 0 Å². The van der Waals surface area contributed by atoms with Crippen LogP contribution in [0.1, 0.15) is 31.2 Å². The average molecular weight is 277 g/mol. The Morgan fingerprint density at radius 1 is 1.37 bits per heavy atom. The Kier molecular flexibility index (Phi) is 4.74. The molecule has 0 bridgehead atoms. The van der Waals surface area contributed by atoms with Crippen LogP contribution in [0.25, 0.3) is 0 Å². The molecule has 0 aliphatic carbocycles. The molecule has 2 heterocycles. The molecule has 19 heavy (non-hydrogen) atoms. The molecule has 0 saturated heterocycles. The Morgan fingerprint density at radius 3 is 2.95 bits per heavy atom. The van der Waals surface area contributed by atoms with Gasteiger partial charge in [-0.1, -0.05) is 6.92 Å². The topological polar surface area (TPSA) is 47.0 Å². The lowest BCUT2D eigenvalue weighted by Crippen LogP contribution is -2.08. The Bertz CT molecular complexity index is 525. The molecule has 0 fully saturated rings. The predicted octanol–water partition coefficient (Wildman–Crippen LogP) is 3.50. The highest BCUT2D eigenvalue weighted by Crippen LogP contribution is 2.19. The van der Waals surface area contributed by atoms with Gasteiger partial charge in [0, 0.05) is 10.9 Å². The maximum absolute atomic E-state index is 5.55. The van der Waals surface area contributed by atoms with Gasteiger partial charge >= 0.3 is 0 Å². The number of nitrogens with zero attached hydrogens (tertiary/aromatic N) is 2. The zero-order valence-electron chi connectivity index (χ0n) is 11.5. The van der Waals surface area contributed by atoms with Crippen molar-refractivity contribution in [2.45, 2.75) is 39.8 Å². The van der Waals surface area contributed by atoms with Gasteiger partial charge in [-0.15, -0.1) is 11.3 Å². The molecular weight excluding hydrogens is 258 g/mol. The summed E-state index contributed by atoms with van der Waals surface area (Å²) in [6.45, 7) is 6.92. The lowest BCUT2D eigenvalue weighted by Gasteiger charge is -2.10. The molecule has 0 atom stereocenters. The Balaban J connectivity index is 1.99. The first-order valence-corrected chi connectivity index (χ1v) is 7.34. The van der Waals surface area contributed by atoms with E-state index in [2.05, 4.69) is 33.7 Å². The third kappa shape index (κ3) is 3.92. The van der Waals surface area contributed by atoms with Crippen molar-refractivity contribution in [3.8, 4) is 5.88 Å². The summed E-state index contributed by atoms with van der Waals surface area (Å²) in [6.07, 6.45) is 2.70. The molecule has 2 aromatic rings. The number of thiophene rings is 1. The van der Waals surface area contributed by atoms with E-state index in [0.717, 1.165) is 18.8 Å². The van der Waals surface area contributed by atoms with Gasteiger partial charge in [-0.05, 0) is 37.3 Å². The summed E-state index contributed by atoms with van der Waals surface area (Å²) in [7, 11) is 0. The minimum Gasteiger partial charge on any atom is -0.475 e. The van der Waals surface area contributed by atoms with Crippen molar-refractivity contribution >= 4 is 17.2 Å². The van der Waals surface area contributed by atoms with Crippen LogP contribution in [0.3, 0.4) is 0 Å². The molecule has 0 amide bonds. The second-order valence-electron chi connectivity index (χ2n) is 4.48. The predicted molar refractivity (Wildman–Crippen MR) is 78.8 cm³/mol. The summed E-state index contributed by atoms with van der Waals surface area (Å²) in [6, 6.07) is 4.01. The van der Waals surface area contributed by atoms with Crippen LogP contribution in [0.4, 0.5) is 5.82 Å². The van der Waals surface area contributed by atoms with Crippen LogP contribution >= 0.6 is 11.3 Å². The largest absolute Gasteiger partial charge is 0.475 e. The minimum atomic E-state index is 0.117. The van der Waals surface area contributed by atoms with Gasteiger partial charge in [0.25, 0.3) is 0 Å². The van der Waals surface area contributed by atoms with E-state index in [1.807, 2.05) is 19.9 Å². The van der Waals surface area contributed by atoms with Gasteiger partial charge in [-0.25, -0.2) is 9.97 Å². The second-order valence-corrected chi connectivity index (χ2v) is 5.48. The lowest BCUT2D eigenvalue weighted by molar-refractivity contribution is 0.232. The average Bonchev–Trinajstić information content (AvgIpc) is 2.83. The quantitative estimate of drug-likeness (QED) is 0.878. The van der Waals surface area contributed by atoms with Crippen molar-refractivity contribution in [1.29, 1.82) is 0 Å². The van der Waals surface area contributed by atoms with Gasteiger partial charge < -0.3 is 10.1 Å². The van der Waals surface area contributed by atoms with Crippen molar-refractivity contribution < 1.29 is 4.74 Å². The second kappa shape index (κ2) is 6.52. The fraction of sp³-hybridized carbons (Fsp3) is 0.429. The molecule has 0 spiro atoms. The van der Waals surface area contributed by atoms with Crippen molar-refractivity contribution in [3.63, 3.8) is 0 Å². The Morgan fingerprint density at radius 2 is 2.21 bits per heavy atom. The van der Waals surface area contributed by atoms with Crippen LogP contribution in [0.2, 0.25) is 0 Å². The fourth-order valence-electron chi connectivity index (χ4n) is 1.75. The highest BCUT2D eigenvalue weighted by Gasteiger charge is 2.05. The number of aromatic nitrogens is 2. The van der Waals surface area contributed by atoms with Gasteiger partial charge in [0.1, 0.15) is 12.1 Å². The van der Waals surface area contributed by atoms with E-state index in [0.29, 0.717) is 5.88 Å². The summed E-state index contributed by atoms with van der Waals surface area (Å²) >= 11 is 1.77. The number of ether oxygens (including phenoxy) is 1. The number of hydrogen-bond donors (Lipinski definition) is 1. The maximum atomic E-state index is 5.55. The zero-order chi connectivity index (χ0) is 13.7. The molecular formula is C14H19N3OS. The first-order chi connectivity index (χ1) is 9.19. The maximum Gasteiger partial charge on any atom is 0.218 e. The van der Waals surface area contributed by atoms with E-state index in [1.54, 1.807) is 11.3 Å². The summed E-state index contributed by atoms with van der Waals surface area (Å²) < 4.78 is 5.55. The zero-order valence-corrected chi connectivity index (χ0v) is 12.3. The number of hydrogen-bond acceptors (Lipinski definition) is 5. The molecule has 2 rings (SSSR count). The lowest BCUT2D eigenvalue weighted by atomic mass is 10.2. The van der Waals surface area contributed by atoms with Crippen LogP contribution in [-0.4, -0.2) is 16.1 Å². The minimum absolute atomic E-state index is 0.117. The molecule has 1 N–H and O–H groups in total. The van der Waals surface area contributed by atoms with Crippen LogP contribution in [-0.2, 0) is 13.0 Å². The summed E-state index contributed by atoms with van der Waals surface area (Å²) in [4.78, 5) is 9.65. The molecule has 0 saturated carbocycles. The smallest absolute Gasteiger partial charge is 0.218 e. The third-order valence-corrected chi connectivity index (χ3v) is 3.61. The normalized spacial score (nSPS) is 10.7. The highest BCUT2D eigenvalue weighted by atomic mass is 32.1. The number of anilines is 1. The monoisotopic (exact) mass is 277 g/mol. The summed E-state index contributed by atoms with van der Waals surface area (Å²) in [5.41, 5.74) is 1.39. The van der Waals surface area contributed by atoms with Crippen LogP contribution in [0.15, 0.2) is 23.8 Å². The van der Waals surface area contributed by atoms with Crippen molar-refractivity contribution in [2.24, 2.45) is 0 Å². The van der Waals surface area contributed by atoms with E-state index in [1.165, 1.54) is 16.8 Å². The van der Waals surface area contributed by atoms with Crippen LogP contribution < -0.4 is 10.1 Å². The molecule has 0 aliphatic rings. The SMILES string of the molecule is CCc1ccsc1CNc1cc(OC(C)C)ncn1. The number of rotatable bonds is 6. The van der Waals surface area contributed by atoms with Crippen LogP contribution in [0, 0.1) is 0 Å². The highest BCUT2D eigenvalue weighted by molar-refractivity contribution is 7.10. The van der Waals surface area contributed by atoms with Crippen molar-refractivity contribution in [2.75, 3.05) is 5.32 Å². The van der Waals surface area contributed by atoms with E-state index in [-0.39, 0.29) is 6.10 Å². The summed E-state index contributed by atoms with van der Waals surface area (Å²) in [5.74, 6) is 1.40. The first kappa shape index (κ1) is 13.8.